The Labute approximate surface area is 186 Å². The van der Waals surface area contributed by atoms with Crippen molar-refractivity contribution in [1.82, 2.24) is 20.4 Å². The third-order valence-corrected chi connectivity index (χ3v) is 7.40. The van der Waals surface area contributed by atoms with Gasteiger partial charge in [-0.15, -0.1) is 11.3 Å². The van der Waals surface area contributed by atoms with Gasteiger partial charge in [0.2, 0.25) is 17.7 Å². The Morgan fingerprint density at radius 2 is 1.87 bits per heavy atom. The molecule has 0 aromatic carbocycles. The Kier molecular flexibility index (Phi) is 6.89. The van der Waals surface area contributed by atoms with E-state index in [1.807, 2.05) is 11.4 Å². The van der Waals surface area contributed by atoms with Gasteiger partial charge in [-0.05, 0) is 37.1 Å². The predicted octanol–water partition coefficient (Wildman–Crippen LogP) is 1.38. The normalized spacial score (nSPS) is 25.1. The van der Waals surface area contributed by atoms with Crippen LogP contribution in [0.15, 0.2) is 17.5 Å². The molecule has 4 rings (SSSR count). The summed E-state index contributed by atoms with van der Waals surface area (Å²) in [5.74, 6) is -0.701. The molecule has 1 aromatic rings. The zero-order valence-corrected chi connectivity index (χ0v) is 18.5. The lowest BCUT2D eigenvalue weighted by molar-refractivity contribution is -0.148. The summed E-state index contributed by atoms with van der Waals surface area (Å²) in [5, 5.41) is 7.46. The molecule has 2 unspecified atom stereocenters. The van der Waals surface area contributed by atoms with Crippen molar-refractivity contribution < 1.29 is 19.2 Å². The number of hydrogen-bond donors (Lipinski definition) is 2. The van der Waals surface area contributed by atoms with Gasteiger partial charge < -0.3 is 20.4 Å². The first-order valence-corrected chi connectivity index (χ1v) is 12.1. The number of thiophene rings is 1. The quantitative estimate of drug-likeness (QED) is 0.730. The van der Waals surface area contributed by atoms with E-state index < -0.39 is 12.1 Å². The summed E-state index contributed by atoms with van der Waals surface area (Å²) < 4.78 is 0. The van der Waals surface area contributed by atoms with Crippen molar-refractivity contribution in [2.45, 2.75) is 57.0 Å². The van der Waals surface area contributed by atoms with Crippen molar-refractivity contribution in [3.05, 3.63) is 22.4 Å². The maximum absolute atomic E-state index is 13.3. The van der Waals surface area contributed by atoms with Crippen LogP contribution in [0.4, 0.5) is 0 Å². The third kappa shape index (κ3) is 4.92. The molecule has 168 valence electrons. The summed E-state index contributed by atoms with van der Waals surface area (Å²) in [7, 11) is 0. The number of carbonyl (C=O) groups excluding carboxylic acids is 4. The minimum Gasteiger partial charge on any atom is -0.354 e. The molecule has 0 radical (unpaired) electrons. The lowest BCUT2D eigenvalue weighted by atomic mass is 9.87. The van der Waals surface area contributed by atoms with Crippen LogP contribution in [-0.4, -0.2) is 71.7 Å². The van der Waals surface area contributed by atoms with Crippen molar-refractivity contribution >= 4 is 35.0 Å². The molecule has 2 atom stereocenters. The molecule has 2 N–H and O–H groups in total. The van der Waals surface area contributed by atoms with Gasteiger partial charge in [-0.3, -0.25) is 19.2 Å². The van der Waals surface area contributed by atoms with E-state index in [0.29, 0.717) is 30.9 Å². The van der Waals surface area contributed by atoms with Crippen LogP contribution in [0.1, 0.15) is 54.6 Å². The predicted molar refractivity (Wildman–Crippen MR) is 116 cm³/mol. The molecule has 2 aliphatic heterocycles. The van der Waals surface area contributed by atoms with Gasteiger partial charge in [-0.1, -0.05) is 25.3 Å². The summed E-state index contributed by atoms with van der Waals surface area (Å²) in [5.41, 5.74) is 0. The van der Waals surface area contributed by atoms with Crippen LogP contribution in [0.2, 0.25) is 0 Å². The van der Waals surface area contributed by atoms with Crippen LogP contribution >= 0.6 is 11.3 Å². The molecule has 1 aromatic heterocycles. The molecule has 0 spiro atoms. The summed E-state index contributed by atoms with van der Waals surface area (Å²) in [6, 6.07) is 2.23. The Hall–Kier alpha value is -2.42. The van der Waals surface area contributed by atoms with E-state index in [2.05, 4.69) is 10.6 Å². The molecule has 9 heteroatoms. The van der Waals surface area contributed by atoms with E-state index in [9.17, 15) is 19.2 Å². The highest BCUT2D eigenvalue weighted by Crippen LogP contribution is 2.27. The topological polar surface area (TPSA) is 98.8 Å². The first-order chi connectivity index (χ1) is 15.0. The smallest absolute Gasteiger partial charge is 0.264 e. The van der Waals surface area contributed by atoms with Crippen molar-refractivity contribution in [3.63, 3.8) is 0 Å². The Morgan fingerprint density at radius 1 is 1.06 bits per heavy atom. The fourth-order valence-corrected chi connectivity index (χ4v) is 5.46. The number of carbonyl (C=O) groups is 4. The SMILES string of the molecule is O=C1NCCCC1NC(=O)C1CN(C(=O)c2cccs2)CCN1C(=O)C1CCCCC1. The van der Waals surface area contributed by atoms with Crippen molar-refractivity contribution in [3.8, 4) is 0 Å². The van der Waals surface area contributed by atoms with E-state index in [1.54, 1.807) is 15.9 Å². The molecule has 1 saturated carbocycles. The minimum atomic E-state index is -0.776. The van der Waals surface area contributed by atoms with Crippen LogP contribution in [0.3, 0.4) is 0 Å². The number of nitrogens with one attached hydrogen (secondary N) is 2. The van der Waals surface area contributed by atoms with Crippen molar-refractivity contribution in [2.24, 2.45) is 5.92 Å². The molecular weight excluding hydrogens is 416 g/mol. The van der Waals surface area contributed by atoms with E-state index in [-0.39, 0.29) is 36.1 Å². The maximum Gasteiger partial charge on any atom is 0.264 e. The standard InChI is InChI=1S/C22H30N4O4S/c27-19-16(8-4-10-23-19)24-20(28)17-14-25(22(30)18-9-5-13-31-18)11-12-26(17)21(29)15-6-2-1-3-7-15/h5,9,13,15-17H,1-4,6-8,10-12,14H2,(H,23,27)(H,24,28). The lowest BCUT2D eigenvalue weighted by Gasteiger charge is -2.42. The monoisotopic (exact) mass is 446 g/mol. The number of nitrogens with zero attached hydrogens (tertiary/aromatic N) is 2. The largest absolute Gasteiger partial charge is 0.354 e. The molecule has 0 bridgehead atoms. The Morgan fingerprint density at radius 3 is 2.58 bits per heavy atom. The lowest BCUT2D eigenvalue weighted by Crippen LogP contribution is -2.64. The van der Waals surface area contributed by atoms with Crippen molar-refractivity contribution in [2.75, 3.05) is 26.2 Å². The molecule has 3 aliphatic rings. The average Bonchev–Trinajstić information content (AvgIpc) is 3.35. The molecular formula is C22H30N4O4S. The summed E-state index contributed by atoms with van der Waals surface area (Å²) >= 11 is 1.37. The molecule has 4 amide bonds. The first kappa shape index (κ1) is 21.8. The first-order valence-electron chi connectivity index (χ1n) is 11.3. The van der Waals surface area contributed by atoms with Crippen LogP contribution in [0.5, 0.6) is 0 Å². The van der Waals surface area contributed by atoms with Gasteiger partial charge in [0.1, 0.15) is 12.1 Å². The van der Waals surface area contributed by atoms with Crippen LogP contribution in [0, 0.1) is 5.92 Å². The number of piperidine rings is 1. The Bertz CT molecular complexity index is 821. The number of hydrogen-bond acceptors (Lipinski definition) is 5. The third-order valence-electron chi connectivity index (χ3n) is 6.54. The highest BCUT2D eigenvalue weighted by atomic mass is 32.1. The van der Waals surface area contributed by atoms with Gasteiger partial charge in [0.05, 0.1) is 11.4 Å². The van der Waals surface area contributed by atoms with Gasteiger partial charge in [0, 0.05) is 25.6 Å². The highest BCUT2D eigenvalue weighted by molar-refractivity contribution is 7.12. The fourth-order valence-electron chi connectivity index (χ4n) is 4.77. The van der Waals surface area contributed by atoms with Gasteiger partial charge in [-0.25, -0.2) is 0 Å². The Balaban J connectivity index is 1.50. The van der Waals surface area contributed by atoms with E-state index in [1.165, 1.54) is 11.3 Å². The molecule has 3 fully saturated rings. The van der Waals surface area contributed by atoms with Crippen LogP contribution in [0.25, 0.3) is 0 Å². The number of piperazine rings is 1. The van der Waals surface area contributed by atoms with Crippen molar-refractivity contribution in [1.29, 1.82) is 0 Å². The molecule has 31 heavy (non-hydrogen) atoms. The minimum absolute atomic E-state index is 0.0103. The molecule has 1 aliphatic carbocycles. The zero-order chi connectivity index (χ0) is 21.8. The van der Waals surface area contributed by atoms with E-state index >= 15 is 0 Å². The number of amides is 4. The van der Waals surface area contributed by atoms with E-state index in [4.69, 9.17) is 0 Å². The summed E-state index contributed by atoms with van der Waals surface area (Å²) in [6.45, 7) is 1.50. The highest BCUT2D eigenvalue weighted by Gasteiger charge is 2.40. The number of rotatable bonds is 4. The second-order valence-electron chi connectivity index (χ2n) is 8.61. The van der Waals surface area contributed by atoms with Gasteiger partial charge in [-0.2, -0.15) is 0 Å². The molecule has 2 saturated heterocycles. The van der Waals surface area contributed by atoms with Crippen LogP contribution in [-0.2, 0) is 14.4 Å². The fraction of sp³-hybridized carbons (Fsp3) is 0.636. The second-order valence-corrected chi connectivity index (χ2v) is 9.55. The van der Waals surface area contributed by atoms with Crippen LogP contribution < -0.4 is 10.6 Å². The summed E-state index contributed by atoms with van der Waals surface area (Å²) in [6.07, 6.45) is 6.30. The average molecular weight is 447 g/mol. The zero-order valence-electron chi connectivity index (χ0n) is 17.7. The van der Waals surface area contributed by atoms with Gasteiger partial charge in [0.25, 0.3) is 5.91 Å². The second kappa shape index (κ2) is 9.80. The maximum atomic E-state index is 13.3. The molecule has 8 nitrogen and oxygen atoms in total. The van der Waals surface area contributed by atoms with E-state index in [0.717, 1.165) is 38.5 Å². The summed E-state index contributed by atoms with van der Waals surface area (Å²) in [4.78, 5) is 55.5. The van der Waals surface area contributed by atoms with Gasteiger partial charge in [0.15, 0.2) is 0 Å². The van der Waals surface area contributed by atoms with Gasteiger partial charge >= 0.3 is 0 Å². The molecule has 3 heterocycles.